The average molecular weight is 378 g/mol. The minimum absolute atomic E-state index is 0.0328. The van der Waals surface area contributed by atoms with Crippen molar-refractivity contribution in [1.29, 1.82) is 0 Å². The lowest BCUT2D eigenvalue weighted by atomic mass is 10.2. The summed E-state index contributed by atoms with van der Waals surface area (Å²) in [5, 5.41) is 4.10. The van der Waals surface area contributed by atoms with E-state index >= 15 is 0 Å². The molecule has 1 N–H and O–H groups in total. The van der Waals surface area contributed by atoms with Gasteiger partial charge in [-0.2, -0.15) is 0 Å². The van der Waals surface area contributed by atoms with Crippen molar-refractivity contribution < 1.29 is 18.7 Å². The Morgan fingerprint density at radius 2 is 1.88 bits per heavy atom. The molecule has 0 bridgehead atoms. The number of hydrogen-bond donors (Lipinski definition) is 1. The lowest BCUT2D eigenvalue weighted by molar-refractivity contribution is -0.123. The monoisotopic (exact) mass is 377 g/mol. The summed E-state index contributed by atoms with van der Waals surface area (Å²) in [4.78, 5) is 24.3. The Kier molecular flexibility index (Phi) is 4.97. The third kappa shape index (κ3) is 3.95. The van der Waals surface area contributed by atoms with Crippen LogP contribution in [0.2, 0.25) is 10.0 Å². The SMILES string of the molecule is C[C@H](OC(=O)c1cc2ccccc2o1)C(=O)Nc1ccc(Cl)cc1Cl. The highest BCUT2D eigenvalue weighted by molar-refractivity contribution is 6.36. The van der Waals surface area contributed by atoms with Crippen molar-refractivity contribution in [2.45, 2.75) is 13.0 Å². The van der Waals surface area contributed by atoms with Crippen molar-refractivity contribution in [3.63, 3.8) is 0 Å². The molecule has 0 aliphatic heterocycles. The number of esters is 1. The van der Waals surface area contributed by atoms with Crippen LogP contribution in [0.4, 0.5) is 5.69 Å². The number of amides is 1. The van der Waals surface area contributed by atoms with Crippen molar-refractivity contribution in [3.05, 3.63) is 64.3 Å². The first-order valence-corrected chi connectivity index (χ1v) is 8.15. The van der Waals surface area contributed by atoms with Gasteiger partial charge in [0, 0.05) is 10.4 Å². The van der Waals surface area contributed by atoms with Crippen LogP contribution in [0.3, 0.4) is 0 Å². The number of para-hydroxylation sites is 1. The molecule has 128 valence electrons. The zero-order chi connectivity index (χ0) is 18.0. The predicted octanol–water partition coefficient (Wildman–Crippen LogP) is 4.92. The van der Waals surface area contributed by atoms with Crippen LogP contribution in [0.1, 0.15) is 17.5 Å². The molecule has 1 aromatic heterocycles. The zero-order valence-electron chi connectivity index (χ0n) is 13.1. The smallest absolute Gasteiger partial charge is 0.375 e. The number of carbonyl (C=O) groups excluding carboxylic acids is 2. The summed E-state index contributed by atoms with van der Waals surface area (Å²) in [5.41, 5.74) is 0.946. The predicted molar refractivity (Wildman–Crippen MR) is 96.2 cm³/mol. The van der Waals surface area contributed by atoms with Crippen LogP contribution in [0, 0.1) is 0 Å². The normalized spacial score (nSPS) is 12.0. The van der Waals surface area contributed by atoms with Crippen molar-refractivity contribution in [1.82, 2.24) is 0 Å². The third-order valence-corrected chi connectivity index (χ3v) is 4.02. The first-order valence-electron chi connectivity index (χ1n) is 7.39. The maximum Gasteiger partial charge on any atom is 0.375 e. The van der Waals surface area contributed by atoms with Gasteiger partial charge in [0.2, 0.25) is 5.76 Å². The largest absolute Gasteiger partial charge is 0.449 e. The minimum Gasteiger partial charge on any atom is -0.449 e. The second kappa shape index (κ2) is 7.17. The summed E-state index contributed by atoms with van der Waals surface area (Å²) in [6.45, 7) is 1.46. The van der Waals surface area contributed by atoms with Crippen LogP contribution in [-0.2, 0) is 9.53 Å². The Morgan fingerprint density at radius 3 is 2.60 bits per heavy atom. The molecule has 0 saturated carbocycles. The Labute approximate surface area is 153 Å². The van der Waals surface area contributed by atoms with E-state index in [1.54, 1.807) is 30.3 Å². The van der Waals surface area contributed by atoms with Crippen molar-refractivity contribution in [3.8, 4) is 0 Å². The van der Waals surface area contributed by atoms with E-state index in [1.165, 1.54) is 13.0 Å². The van der Waals surface area contributed by atoms with Crippen LogP contribution in [0.5, 0.6) is 0 Å². The molecule has 7 heteroatoms. The number of nitrogens with one attached hydrogen (secondary N) is 1. The third-order valence-electron chi connectivity index (χ3n) is 3.47. The topological polar surface area (TPSA) is 68.5 Å². The molecule has 0 aliphatic rings. The van der Waals surface area contributed by atoms with Crippen LogP contribution >= 0.6 is 23.2 Å². The lowest BCUT2D eigenvalue weighted by Gasteiger charge is -2.13. The Morgan fingerprint density at radius 1 is 1.12 bits per heavy atom. The van der Waals surface area contributed by atoms with Crippen LogP contribution in [-0.4, -0.2) is 18.0 Å². The van der Waals surface area contributed by atoms with E-state index in [1.807, 2.05) is 12.1 Å². The first-order chi connectivity index (χ1) is 11.9. The van der Waals surface area contributed by atoms with E-state index < -0.39 is 18.0 Å². The number of ether oxygens (including phenoxy) is 1. The summed E-state index contributed by atoms with van der Waals surface area (Å²) < 4.78 is 10.6. The minimum atomic E-state index is -1.03. The van der Waals surface area contributed by atoms with Gasteiger partial charge in [-0.1, -0.05) is 41.4 Å². The Bertz CT molecular complexity index is 918. The van der Waals surface area contributed by atoms with E-state index in [9.17, 15) is 9.59 Å². The highest BCUT2D eigenvalue weighted by Gasteiger charge is 2.22. The first kappa shape index (κ1) is 17.3. The highest BCUT2D eigenvalue weighted by atomic mass is 35.5. The number of hydrogen-bond acceptors (Lipinski definition) is 4. The molecule has 0 spiro atoms. The summed E-state index contributed by atoms with van der Waals surface area (Å²) in [6, 6.07) is 13.4. The Balaban J connectivity index is 1.67. The number of fused-ring (bicyclic) bond motifs is 1. The molecular formula is C18H13Cl2NO4. The maximum atomic E-state index is 12.2. The van der Waals surface area contributed by atoms with Gasteiger partial charge in [0.05, 0.1) is 10.7 Å². The molecule has 3 rings (SSSR count). The van der Waals surface area contributed by atoms with Crippen LogP contribution < -0.4 is 5.32 Å². The van der Waals surface area contributed by atoms with Crippen molar-refractivity contribution in [2.75, 3.05) is 5.32 Å². The van der Waals surface area contributed by atoms with Gasteiger partial charge >= 0.3 is 5.97 Å². The lowest BCUT2D eigenvalue weighted by Crippen LogP contribution is -2.30. The number of furan rings is 1. The van der Waals surface area contributed by atoms with E-state index in [0.717, 1.165) is 5.39 Å². The van der Waals surface area contributed by atoms with E-state index in [0.29, 0.717) is 16.3 Å². The average Bonchev–Trinajstić information content (AvgIpc) is 3.01. The number of rotatable bonds is 4. The summed E-state index contributed by atoms with van der Waals surface area (Å²) in [6.07, 6.45) is -1.03. The number of halogens is 2. The van der Waals surface area contributed by atoms with Gasteiger partial charge in [-0.15, -0.1) is 0 Å². The van der Waals surface area contributed by atoms with E-state index in [4.69, 9.17) is 32.4 Å². The standard InChI is InChI=1S/C18H13Cl2NO4/c1-10(17(22)21-14-7-6-12(19)9-13(14)20)24-18(23)16-8-11-4-2-3-5-15(11)25-16/h2-10H,1H3,(H,21,22)/t10-/m0/s1. The molecule has 2 aromatic carbocycles. The van der Waals surface area contributed by atoms with Crippen molar-refractivity contribution >= 4 is 51.7 Å². The number of carbonyl (C=O) groups is 2. The second-order valence-electron chi connectivity index (χ2n) is 5.31. The maximum absolute atomic E-state index is 12.2. The summed E-state index contributed by atoms with van der Waals surface area (Å²) >= 11 is 11.8. The van der Waals surface area contributed by atoms with Gasteiger partial charge in [-0.25, -0.2) is 4.79 Å². The molecule has 0 fully saturated rings. The molecular weight excluding hydrogens is 365 g/mol. The number of anilines is 1. The van der Waals surface area contributed by atoms with Crippen molar-refractivity contribution in [2.24, 2.45) is 0 Å². The van der Waals surface area contributed by atoms with E-state index in [2.05, 4.69) is 5.32 Å². The quantitative estimate of drug-likeness (QED) is 0.654. The highest BCUT2D eigenvalue weighted by Crippen LogP contribution is 2.25. The summed E-state index contributed by atoms with van der Waals surface area (Å²) in [5.74, 6) is -1.21. The molecule has 0 unspecified atom stereocenters. The molecule has 25 heavy (non-hydrogen) atoms. The molecule has 0 aliphatic carbocycles. The molecule has 5 nitrogen and oxygen atoms in total. The second-order valence-corrected chi connectivity index (χ2v) is 6.15. The fourth-order valence-corrected chi connectivity index (χ4v) is 2.64. The van der Waals surface area contributed by atoms with E-state index in [-0.39, 0.29) is 10.8 Å². The molecule has 1 atom stereocenters. The molecule has 0 saturated heterocycles. The fourth-order valence-electron chi connectivity index (χ4n) is 2.18. The molecule has 1 amide bonds. The van der Waals surface area contributed by atoms with Gasteiger partial charge in [-0.3, -0.25) is 4.79 Å². The molecule has 0 radical (unpaired) electrons. The van der Waals surface area contributed by atoms with Gasteiger partial charge in [-0.05, 0) is 37.3 Å². The summed E-state index contributed by atoms with van der Waals surface area (Å²) in [7, 11) is 0. The van der Waals surface area contributed by atoms with Gasteiger partial charge in [0.1, 0.15) is 5.58 Å². The van der Waals surface area contributed by atoms with Crippen LogP contribution in [0.25, 0.3) is 11.0 Å². The number of benzene rings is 2. The van der Waals surface area contributed by atoms with Gasteiger partial charge in [0.25, 0.3) is 5.91 Å². The Hall–Kier alpha value is -2.50. The molecule has 1 heterocycles. The van der Waals surface area contributed by atoms with Gasteiger partial charge in [0.15, 0.2) is 6.10 Å². The van der Waals surface area contributed by atoms with Crippen LogP contribution in [0.15, 0.2) is 52.9 Å². The van der Waals surface area contributed by atoms with Gasteiger partial charge < -0.3 is 14.5 Å². The fraction of sp³-hybridized carbons (Fsp3) is 0.111. The molecule has 3 aromatic rings. The zero-order valence-corrected chi connectivity index (χ0v) is 14.6.